The average Bonchev–Trinajstić information content (AvgIpc) is 2.50. The van der Waals surface area contributed by atoms with Crippen molar-refractivity contribution in [3.8, 4) is 6.07 Å². The number of likely N-dealkylation sites (tertiary alicyclic amines) is 1. The summed E-state index contributed by atoms with van der Waals surface area (Å²) in [6, 6.07) is 9.19. The van der Waals surface area contributed by atoms with Crippen LogP contribution >= 0.6 is 0 Å². The van der Waals surface area contributed by atoms with E-state index in [1.807, 2.05) is 6.07 Å². The van der Waals surface area contributed by atoms with Crippen LogP contribution in [0.25, 0.3) is 0 Å². The Morgan fingerprint density at radius 1 is 1.38 bits per heavy atom. The average molecular weight is 287 g/mol. The van der Waals surface area contributed by atoms with Gasteiger partial charge in [-0.05, 0) is 50.1 Å². The smallest absolute Gasteiger partial charge is 0.238 e. The molecule has 0 bridgehead atoms. The highest BCUT2D eigenvalue weighted by Crippen LogP contribution is 2.19. The third-order valence-corrected chi connectivity index (χ3v) is 3.86. The molecule has 1 aliphatic heterocycles. The molecule has 1 aromatic rings. The maximum Gasteiger partial charge on any atom is 0.238 e. The fraction of sp³-hybridized carbons (Fsp3) is 0.500. The van der Waals surface area contributed by atoms with Crippen LogP contribution in [0.2, 0.25) is 0 Å². The Hall–Kier alpha value is -1.90. The van der Waals surface area contributed by atoms with Crippen molar-refractivity contribution in [2.24, 2.45) is 0 Å². The number of nitrogens with one attached hydrogen (secondary N) is 1. The molecular formula is C16H21N3O2. The van der Waals surface area contributed by atoms with Gasteiger partial charge >= 0.3 is 0 Å². The molecule has 5 nitrogen and oxygen atoms in total. The van der Waals surface area contributed by atoms with Gasteiger partial charge in [0.1, 0.15) is 0 Å². The third kappa shape index (κ3) is 4.55. The first-order chi connectivity index (χ1) is 10.2. The van der Waals surface area contributed by atoms with E-state index in [1.165, 1.54) is 6.42 Å². The highest BCUT2D eigenvalue weighted by Gasteiger charge is 2.23. The van der Waals surface area contributed by atoms with Crippen molar-refractivity contribution in [1.29, 1.82) is 5.26 Å². The van der Waals surface area contributed by atoms with Gasteiger partial charge in [0.2, 0.25) is 5.91 Å². The largest absolute Gasteiger partial charge is 0.396 e. The number of anilines is 1. The van der Waals surface area contributed by atoms with Crippen LogP contribution in [0.15, 0.2) is 24.3 Å². The Morgan fingerprint density at radius 3 is 2.81 bits per heavy atom. The number of carbonyl (C=O) groups is 1. The molecule has 1 unspecified atom stereocenters. The minimum absolute atomic E-state index is 0.0513. The highest BCUT2D eigenvalue weighted by atomic mass is 16.3. The van der Waals surface area contributed by atoms with Crippen molar-refractivity contribution in [2.75, 3.05) is 25.0 Å². The van der Waals surface area contributed by atoms with Crippen molar-refractivity contribution in [3.05, 3.63) is 29.8 Å². The van der Waals surface area contributed by atoms with Crippen LogP contribution in [-0.2, 0) is 4.79 Å². The monoisotopic (exact) mass is 287 g/mol. The van der Waals surface area contributed by atoms with Crippen LogP contribution < -0.4 is 5.32 Å². The van der Waals surface area contributed by atoms with Gasteiger partial charge in [-0.1, -0.05) is 6.42 Å². The number of nitrogens with zero attached hydrogens (tertiary/aromatic N) is 2. The van der Waals surface area contributed by atoms with Gasteiger partial charge in [-0.15, -0.1) is 0 Å². The van der Waals surface area contributed by atoms with Crippen molar-refractivity contribution >= 4 is 11.6 Å². The fourth-order valence-corrected chi connectivity index (χ4v) is 2.76. The molecule has 112 valence electrons. The van der Waals surface area contributed by atoms with Gasteiger partial charge in [0.25, 0.3) is 0 Å². The standard InChI is InChI=1S/C16H21N3O2/c17-11-13-4-6-14(7-5-13)18-16(21)12-19-9-2-1-3-15(19)8-10-20/h4-7,15,20H,1-3,8-10,12H2,(H,18,21). The van der Waals surface area contributed by atoms with Crippen molar-refractivity contribution in [3.63, 3.8) is 0 Å². The van der Waals surface area contributed by atoms with E-state index in [1.54, 1.807) is 24.3 Å². The van der Waals surface area contributed by atoms with Gasteiger partial charge in [0.15, 0.2) is 0 Å². The maximum absolute atomic E-state index is 12.1. The van der Waals surface area contributed by atoms with E-state index in [0.717, 1.165) is 25.8 Å². The van der Waals surface area contributed by atoms with Crippen LogP contribution in [0.4, 0.5) is 5.69 Å². The van der Waals surface area contributed by atoms with Crippen LogP contribution in [0.5, 0.6) is 0 Å². The zero-order valence-corrected chi connectivity index (χ0v) is 12.1. The third-order valence-electron chi connectivity index (χ3n) is 3.86. The Labute approximate surface area is 125 Å². The van der Waals surface area contributed by atoms with Crippen LogP contribution in [-0.4, -0.2) is 41.7 Å². The number of nitriles is 1. The summed E-state index contributed by atoms with van der Waals surface area (Å²) in [5.74, 6) is -0.0513. The molecule has 1 saturated heterocycles. The lowest BCUT2D eigenvalue weighted by atomic mass is 10.00. The van der Waals surface area contributed by atoms with Crippen LogP contribution in [0.3, 0.4) is 0 Å². The van der Waals surface area contributed by atoms with Gasteiger partial charge in [-0.2, -0.15) is 5.26 Å². The predicted octanol–water partition coefficient (Wildman–Crippen LogP) is 1.73. The van der Waals surface area contributed by atoms with Crippen LogP contribution in [0.1, 0.15) is 31.2 Å². The van der Waals surface area contributed by atoms with Gasteiger partial charge in [0, 0.05) is 18.3 Å². The fourth-order valence-electron chi connectivity index (χ4n) is 2.76. The zero-order valence-electron chi connectivity index (χ0n) is 12.1. The van der Waals surface area contributed by atoms with E-state index in [2.05, 4.69) is 10.2 Å². The number of hydrogen-bond acceptors (Lipinski definition) is 4. The normalized spacial score (nSPS) is 19.0. The molecule has 21 heavy (non-hydrogen) atoms. The summed E-state index contributed by atoms with van der Waals surface area (Å²) < 4.78 is 0. The first-order valence-corrected chi connectivity index (χ1v) is 7.38. The molecule has 0 radical (unpaired) electrons. The summed E-state index contributed by atoms with van der Waals surface area (Å²) in [6.45, 7) is 1.43. The Morgan fingerprint density at radius 2 is 2.14 bits per heavy atom. The van der Waals surface area contributed by atoms with E-state index >= 15 is 0 Å². The molecule has 1 amide bonds. The van der Waals surface area contributed by atoms with Gasteiger partial charge in [-0.3, -0.25) is 9.69 Å². The summed E-state index contributed by atoms with van der Waals surface area (Å²) in [5.41, 5.74) is 1.28. The van der Waals surface area contributed by atoms with Gasteiger partial charge in [0.05, 0.1) is 18.2 Å². The SMILES string of the molecule is N#Cc1ccc(NC(=O)CN2CCCCC2CCO)cc1. The number of benzene rings is 1. The number of piperidine rings is 1. The first-order valence-electron chi connectivity index (χ1n) is 7.38. The Bertz CT molecular complexity index is 505. The quantitative estimate of drug-likeness (QED) is 0.864. The van der Waals surface area contributed by atoms with E-state index in [4.69, 9.17) is 10.4 Å². The minimum Gasteiger partial charge on any atom is -0.396 e. The topological polar surface area (TPSA) is 76.4 Å². The summed E-state index contributed by atoms with van der Waals surface area (Å²) in [4.78, 5) is 14.3. The zero-order chi connectivity index (χ0) is 15.1. The van der Waals surface area contributed by atoms with Gasteiger partial charge in [-0.25, -0.2) is 0 Å². The first kappa shape index (κ1) is 15.5. The number of hydrogen-bond donors (Lipinski definition) is 2. The van der Waals surface area contributed by atoms with Gasteiger partial charge < -0.3 is 10.4 Å². The molecule has 5 heteroatoms. The predicted molar refractivity (Wildman–Crippen MR) is 80.7 cm³/mol. The summed E-state index contributed by atoms with van der Waals surface area (Å²) in [7, 11) is 0. The second-order valence-corrected chi connectivity index (χ2v) is 5.37. The van der Waals surface area contributed by atoms with E-state index in [-0.39, 0.29) is 12.5 Å². The van der Waals surface area contributed by atoms with Crippen molar-refractivity contribution in [1.82, 2.24) is 4.90 Å². The van der Waals surface area contributed by atoms with E-state index < -0.39 is 0 Å². The molecule has 1 atom stereocenters. The molecule has 1 aromatic carbocycles. The molecule has 0 saturated carbocycles. The lowest BCUT2D eigenvalue weighted by molar-refractivity contribution is -0.118. The molecule has 0 aliphatic carbocycles. The van der Waals surface area contributed by atoms with E-state index in [0.29, 0.717) is 23.8 Å². The highest BCUT2D eigenvalue weighted by molar-refractivity contribution is 5.92. The van der Waals surface area contributed by atoms with Crippen LogP contribution in [0, 0.1) is 11.3 Å². The number of rotatable bonds is 5. The second kappa shape index (κ2) is 7.77. The molecule has 2 rings (SSSR count). The Kier molecular flexibility index (Phi) is 5.73. The van der Waals surface area contributed by atoms with E-state index in [9.17, 15) is 4.79 Å². The van der Waals surface area contributed by atoms with Crippen molar-refractivity contribution < 1.29 is 9.90 Å². The molecule has 0 aromatic heterocycles. The molecular weight excluding hydrogens is 266 g/mol. The number of aliphatic hydroxyl groups is 1. The lowest BCUT2D eigenvalue weighted by Gasteiger charge is -2.34. The Balaban J connectivity index is 1.89. The number of carbonyl (C=O) groups excluding carboxylic acids is 1. The maximum atomic E-state index is 12.1. The summed E-state index contributed by atoms with van der Waals surface area (Å²) in [6.07, 6.45) is 4.04. The molecule has 1 fully saturated rings. The molecule has 2 N–H and O–H groups in total. The molecule has 1 aliphatic rings. The number of amides is 1. The van der Waals surface area contributed by atoms with Crippen molar-refractivity contribution in [2.45, 2.75) is 31.7 Å². The minimum atomic E-state index is -0.0513. The summed E-state index contributed by atoms with van der Waals surface area (Å²) in [5, 5.41) is 20.7. The summed E-state index contributed by atoms with van der Waals surface area (Å²) >= 11 is 0. The second-order valence-electron chi connectivity index (χ2n) is 5.37. The molecule has 1 heterocycles. The number of aliphatic hydroxyl groups excluding tert-OH is 1. The molecule has 0 spiro atoms. The lowest BCUT2D eigenvalue weighted by Crippen LogP contribution is -2.44.